The van der Waals surface area contributed by atoms with Gasteiger partial charge in [-0.3, -0.25) is 4.79 Å². The van der Waals surface area contributed by atoms with Crippen LogP contribution in [-0.2, 0) is 9.53 Å². The molecule has 20 heavy (non-hydrogen) atoms. The summed E-state index contributed by atoms with van der Waals surface area (Å²) in [6.45, 7) is 5.34. The van der Waals surface area contributed by atoms with E-state index in [0.717, 1.165) is 0 Å². The molecule has 0 heterocycles. The number of amides is 2. The third-order valence-electron chi connectivity index (χ3n) is 3.31. The first kappa shape index (κ1) is 16.8. The summed E-state index contributed by atoms with van der Waals surface area (Å²) >= 11 is 0. The van der Waals surface area contributed by atoms with E-state index in [-0.39, 0.29) is 11.8 Å². The molecular formula is C14H26N2O4. The molecule has 0 aromatic heterocycles. The molecule has 1 fully saturated rings. The normalized spacial score (nSPS) is 26.8. The molecule has 2 N–H and O–H groups in total. The zero-order valence-corrected chi connectivity index (χ0v) is 13.0. The number of alkyl carbamates (subject to hydrolysis) is 1. The average molecular weight is 286 g/mol. The standard InChI is InChI=1S/C14H26N2O4/c1-14(2,3)20-13(19)15-10-8-9(6-7-11(10)17)12(18)16(4)5/h9-11,17H,6-8H2,1-5H3,(H,15,19)/t9-,10+,11-/m1/s1. The van der Waals surface area contributed by atoms with Gasteiger partial charge in [0.25, 0.3) is 0 Å². The predicted octanol–water partition coefficient (Wildman–Crippen LogP) is 1.13. The number of ether oxygens (including phenoxy) is 1. The number of rotatable bonds is 2. The zero-order valence-electron chi connectivity index (χ0n) is 13.0. The largest absolute Gasteiger partial charge is 0.444 e. The summed E-state index contributed by atoms with van der Waals surface area (Å²) < 4.78 is 5.18. The Morgan fingerprint density at radius 3 is 2.35 bits per heavy atom. The van der Waals surface area contributed by atoms with Crippen LogP contribution in [0.5, 0.6) is 0 Å². The Kier molecular flexibility index (Phi) is 5.39. The lowest BCUT2D eigenvalue weighted by Gasteiger charge is -2.34. The van der Waals surface area contributed by atoms with Gasteiger partial charge in [0.05, 0.1) is 12.1 Å². The van der Waals surface area contributed by atoms with E-state index in [1.165, 1.54) is 0 Å². The van der Waals surface area contributed by atoms with E-state index in [4.69, 9.17) is 4.74 Å². The van der Waals surface area contributed by atoms with Crippen LogP contribution in [0.4, 0.5) is 4.79 Å². The topological polar surface area (TPSA) is 78.9 Å². The first-order valence-corrected chi connectivity index (χ1v) is 6.99. The molecule has 0 radical (unpaired) electrons. The van der Waals surface area contributed by atoms with E-state index in [2.05, 4.69) is 5.32 Å². The second-order valence-electron chi connectivity index (χ2n) is 6.56. The number of hydrogen-bond donors (Lipinski definition) is 2. The number of carbonyl (C=O) groups is 2. The second kappa shape index (κ2) is 6.43. The maximum absolute atomic E-state index is 12.0. The predicted molar refractivity (Wildman–Crippen MR) is 75.2 cm³/mol. The molecule has 0 aromatic carbocycles. The summed E-state index contributed by atoms with van der Waals surface area (Å²) in [5, 5.41) is 12.6. The summed E-state index contributed by atoms with van der Waals surface area (Å²) in [7, 11) is 3.42. The minimum absolute atomic E-state index is 0.0351. The highest BCUT2D eigenvalue weighted by molar-refractivity contribution is 5.78. The molecule has 6 nitrogen and oxygen atoms in total. The van der Waals surface area contributed by atoms with Crippen LogP contribution in [0.3, 0.4) is 0 Å². The van der Waals surface area contributed by atoms with Crippen molar-refractivity contribution in [1.82, 2.24) is 10.2 Å². The first-order chi connectivity index (χ1) is 9.10. The van der Waals surface area contributed by atoms with E-state index in [0.29, 0.717) is 19.3 Å². The van der Waals surface area contributed by atoms with Crippen molar-refractivity contribution >= 4 is 12.0 Å². The molecule has 1 saturated carbocycles. The Morgan fingerprint density at radius 2 is 1.85 bits per heavy atom. The van der Waals surface area contributed by atoms with Gasteiger partial charge in [0.2, 0.25) is 5.91 Å². The molecular weight excluding hydrogens is 260 g/mol. The lowest BCUT2D eigenvalue weighted by Crippen LogP contribution is -2.50. The molecule has 116 valence electrons. The van der Waals surface area contributed by atoms with Gasteiger partial charge in [-0.1, -0.05) is 0 Å². The quantitative estimate of drug-likeness (QED) is 0.797. The monoisotopic (exact) mass is 286 g/mol. The van der Waals surface area contributed by atoms with Crippen LogP contribution in [0.1, 0.15) is 40.0 Å². The van der Waals surface area contributed by atoms with Gasteiger partial charge < -0.3 is 20.1 Å². The number of carbonyl (C=O) groups excluding carboxylic acids is 2. The Hall–Kier alpha value is -1.30. The fourth-order valence-electron chi connectivity index (χ4n) is 2.36. The Morgan fingerprint density at radius 1 is 1.25 bits per heavy atom. The molecule has 0 bridgehead atoms. The molecule has 3 atom stereocenters. The van der Waals surface area contributed by atoms with Crippen molar-refractivity contribution in [2.75, 3.05) is 14.1 Å². The molecule has 0 saturated heterocycles. The second-order valence-corrected chi connectivity index (χ2v) is 6.56. The van der Waals surface area contributed by atoms with E-state index in [1.807, 2.05) is 0 Å². The first-order valence-electron chi connectivity index (χ1n) is 6.99. The molecule has 1 aliphatic rings. The van der Waals surface area contributed by atoms with Gasteiger partial charge in [0.1, 0.15) is 5.60 Å². The van der Waals surface area contributed by atoms with Gasteiger partial charge in [-0.05, 0) is 40.0 Å². The molecule has 0 spiro atoms. The van der Waals surface area contributed by atoms with Crippen LogP contribution in [0, 0.1) is 5.92 Å². The third kappa shape index (κ3) is 5.00. The SMILES string of the molecule is CN(C)C(=O)[C@@H]1CC[C@@H](O)[C@@H](NC(=O)OC(C)(C)C)C1. The van der Waals surface area contributed by atoms with Gasteiger partial charge in [-0.2, -0.15) is 0 Å². The zero-order chi connectivity index (χ0) is 15.5. The minimum atomic E-state index is -0.631. The molecule has 6 heteroatoms. The van der Waals surface area contributed by atoms with Crippen LogP contribution in [0.2, 0.25) is 0 Å². The summed E-state index contributed by atoms with van der Waals surface area (Å²) in [5.41, 5.74) is -0.581. The lowest BCUT2D eigenvalue weighted by atomic mass is 9.83. The van der Waals surface area contributed by atoms with E-state index < -0.39 is 23.8 Å². The summed E-state index contributed by atoms with van der Waals surface area (Å²) in [4.78, 5) is 25.3. The third-order valence-corrected chi connectivity index (χ3v) is 3.31. The van der Waals surface area contributed by atoms with Gasteiger partial charge in [-0.15, -0.1) is 0 Å². The van der Waals surface area contributed by atoms with Crippen LogP contribution < -0.4 is 5.32 Å². The van der Waals surface area contributed by atoms with Crippen molar-refractivity contribution < 1.29 is 19.4 Å². The van der Waals surface area contributed by atoms with Crippen molar-refractivity contribution in [2.24, 2.45) is 5.92 Å². The fourth-order valence-corrected chi connectivity index (χ4v) is 2.36. The highest BCUT2D eigenvalue weighted by Gasteiger charge is 2.35. The van der Waals surface area contributed by atoms with E-state index in [9.17, 15) is 14.7 Å². The van der Waals surface area contributed by atoms with Crippen LogP contribution in [0.25, 0.3) is 0 Å². The van der Waals surface area contributed by atoms with Crippen molar-refractivity contribution in [2.45, 2.75) is 57.8 Å². The summed E-state index contributed by atoms with van der Waals surface area (Å²) in [6, 6.07) is -0.438. The van der Waals surface area contributed by atoms with E-state index >= 15 is 0 Å². The smallest absolute Gasteiger partial charge is 0.407 e. The van der Waals surface area contributed by atoms with Crippen molar-refractivity contribution in [3.05, 3.63) is 0 Å². The Labute approximate surface area is 120 Å². The van der Waals surface area contributed by atoms with Crippen LogP contribution in [-0.4, -0.2) is 53.8 Å². The Bertz CT molecular complexity index is 363. The summed E-state index contributed by atoms with van der Waals surface area (Å²) in [5.74, 6) is -0.124. The number of aliphatic hydroxyl groups excluding tert-OH is 1. The van der Waals surface area contributed by atoms with Gasteiger partial charge >= 0.3 is 6.09 Å². The molecule has 1 rings (SSSR count). The highest BCUT2D eigenvalue weighted by atomic mass is 16.6. The number of nitrogens with zero attached hydrogens (tertiary/aromatic N) is 1. The maximum Gasteiger partial charge on any atom is 0.407 e. The minimum Gasteiger partial charge on any atom is -0.444 e. The van der Waals surface area contributed by atoms with E-state index in [1.54, 1.807) is 39.8 Å². The molecule has 0 aromatic rings. The fraction of sp³-hybridized carbons (Fsp3) is 0.857. The molecule has 0 aliphatic heterocycles. The maximum atomic E-state index is 12.0. The summed E-state index contributed by atoms with van der Waals surface area (Å²) in [6.07, 6.45) is 0.403. The van der Waals surface area contributed by atoms with Gasteiger partial charge in [-0.25, -0.2) is 4.79 Å². The molecule has 1 aliphatic carbocycles. The number of nitrogens with one attached hydrogen (secondary N) is 1. The van der Waals surface area contributed by atoms with Gasteiger partial charge in [0, 0.05) is 20.0 Å². The van der Waals surface area contributed by atoms with Crippen molar-refractivity contribution in [3.63, 3.8) is 0 Å². The van der Waals surface area contributed by atoms with Crippen LogP contribution in [0.15, 0.2) is 0 Å². The molecule has 0 unspecified atom stereocenters. The van der Waals surface area contributed by atoms with Gasteiger partial charge in [0.15, 0.2) is 0 Å². The highest BCUT2D eigenvalue weighted by Crippen LogP contribution is 2.26. The number of aliphatic hydroxyl groups is 1. The Balaban J connectivity index is 2.59. The lowest BCUT2D eigenvalue weighted by molar-refractivity contribution is -0.135. The van der Waals surface area contributed by atoms with Crippen LogP contribution >= 0.6 is 0 Å². The van der Waals surface area contributed by atoms with Crippen molar-refractivity contribution in [1.29, 1.82) is 0 Å². The average Bonchev–Trinajstić information content (AvgIpc) is 2.28. The van der Waals surface area contributed by atoms with Crippen molar-refractivity contribution in [3.8, 4) is 0 Å². The number of hydrogen-bond acceptors (Lipinski definition) is 4. The molecule has 2 amide bonds.